The van der Waals surface area contributed by atoms with Gasteiger partial charge in [-0.25, -0.2) is 9.37 Å². The number of hydrogen-bond donors (Lipinski definition) is 1. The maximum Gasteiger partial charge on any atom is 0.226 e. The minimum absolute atomic E-state index is 0.00756. The Kier molecular flexibility index (Phi) is 6.25. The fourth-order valence-corrected chi connectivity index (χ4v) is 3.88. The van der Waals surface area contributed by atoms with Crippen molar-refractivity contribution in [1.29, 1.82) is 0 Å². The molecule has 1 amide bonds. The monoisotopic (exact) mass is 423 g/mol. The van der Waals surface area contributed by atoms with Crippen LogP contribution in [0.4, 0.5) is 10.2 Å². The number of hydrogen-bond acceptors (Lipinski definition) is 6. The number of pyridine rings is 1. The van der Waals surface area contributed by atoms with E-state index in [9.17, 15) is 9.18 Å². The highest BCUT2D eigenvalue weighted by Crippen LogP contribution is 2.30. The predicted molar refractivity (Wildman–Crippen MR) is 115 cm³/mol. The molecule has 31 heavy (non-hydrogen) atoms. The molecular formula is C23H26FN5O2. The van der Waals surface area contributed by atoms with Crippen molar-refractivity contribution in [2.24, 2.45) is 5.92 Å². The molecule has 8 heteroatoms. The van der Waals surface area contributed by atoms with Gasteiger partial charge in [0.15, 0.2) is 0 Å². The molecule has 0 aliphatic carbocycles. The van der Waals surface area contributed by atoms with Crippen molar-refractivity contribution in [2.45, 2.75) is 39.2 Å². The minimum Gasteiger partial charge on any atom is -0.355 e. The summed E-state index contributed by atoms with van der Waals surface area (Å²) in [5.41, 5.74) is 1.67. The number of amides is 1. The quantitative estimate of drug-likeness (QED) is 0.647. The van der Waals surface area contributed by atoms with Crippen LogP contribution in [0.25, 0.3) is 11.4 Å². The minimum atomic E-state index is -0.288. The molecule has 0 bridgehead atoms. The highest BCUT2D eigenvalue weighted by Gasteiger charge is 2.29. The maximum absolute atomic E-state index is 13.2. The molecular weight excluding hydrogens is 397 g/mol. The highest BCUT2D eigenvalue weighted by atomic mass is 19.1. The fraction of sp³-hybridized carbons (Fsp3) is 0.391. The van der Waals surface area contributed by atoms with Crippen LogP contribution in [0.15, 0.2) is 47.1 Å². The van der Waals surface area contributed by atoms with Gasteiger partial charge in [0, 0.05) is 25.7 Å². The summed E-state index contributed by atoms with van der Waals surface area (Å²) in [5, 5.41) is 7.15. The number of anilines is 1. The van der Waals surface area contributed by atoms with Crippen molar-refractivity contribution in [3.8, 4) is 11.4 Å². The van der Waals surface area contributed by atoms with Crippen LogP contribution in [0.3, 0.4) is 0 Å². The lowest BCUT2D eigenvalue weighted by molar-refractivity contribution is -0.125. The molecule has 1 N–H and O–H groups in total. The molecule has 0 saturated carbocycles. The van der Waals surface area contributed by atoms with Crippen molar-refractivity contribution in [3.05, 3.63) is 59.9 Å². The van der Waals surface area contributed by atoms with E-state index in [-0.39, 0.29) is 23.7 Å². The first-order chi connectivity index (χ1) is 15.0. The standard InChI is InChI=1S/C23H26FN5O2/c1-3-20-27-21(28-31-20)19-7-4-12-25-22(19)29-13-5-6-17(14-29)23(30)26-15(2)16-8-10-18(24)11-9-16/h4,7-12,15,17H,3,5-6,13-14H2,1-2H3,(H,26,30)/t15-,17-/m0/s1. The second-order valence-electron chi connectivity index (χ2n) is 7.81. The van der Waals surface area contributed by atoms with Gasteiger partial charge in [0.25, 0.3) is 0 Å². The maximum atomic E-state index is 13.2. The third-order valence-corrected chi connectivity index (χ3v) is 5.62. The summed E-state index contributed by atoms with van der Waals surface area (Å²) in [5.74, 6) is 1.39. The van der Waals surface area contributed by atoms with E-state index in [1.165, 1.54) is 12.1 Å². The molecule has 1 saturated heterocycles. The number of rotatable bonds is 6. The molecule has 2 aromatic heterocycles. The second kappa shape index (κ2) is 9.24. The smallest absolute Gasteiger partial charge is 0.226 e. The van der Waals surface area contributed by atoms with Crippen LogP contribution < -0.4 is 10.2 Å². The van der Waals surface area contributed by atoms with Crippen LogP contribution >= 0.6 is 0 Å². The Bertz CT molecular complexity index is 1040. The average molecular weight is 423 g/mol. The van der Waals surface area contributed by atoms with E-state index in [0.29, 0.717) is 24.7 Å². The zero-order valence-corrected chi connectivity index (χ0v) is 17.7. The Balaban J connectivity index is 1.47. The number of carbonyl (C=O) groups excluding carboxylic acids is 1. The highest BCUT2D eigenvalue weighted by molar-refractivity contribution is 5.80. The molecule has 1 fully saturated rings. The predicted octanol–water partition coefficient (Wildman–Crippen LogP) is 3.93. The largest absolute Gasteiger partial charge is 0.355 e. The number of aromatic nitrogens is 3. The first-order valence-electron chi connectivity index (χ1n) is 10.6. The van der Waals surface area contributed by atoms with Gasteiger partial charge in [-0.2, -0.15) is 4.98 Å². The van der Waals surface area contributed by atoms with Gasteiger partial charge < -0.3 is 14.7 Å². The molecule has 3 aromatic rings. The second-order valence-corrected chi connectivity index (χ2v) is 7.81. The summed E-state index contributed by atoms with van der Waals surface area (Å²) >= 11 is 0. The van der Waals surface area contributed by atoms with Gasteiger partial charge in [0.1, 0.15) is 11.6 Å². The number of nitrogens with one attached hydrogen (secondary N) is 1. The molecule has 0 spiro atoms. The first-order valence-corrected chi connectivity index (χ1v) is 10.6. The summed E-state index contributed by atoms with van der Waals surface area (Å²) in [6, 6.07) is 9.79. The number of halogens is 1. The van der Waals surface area contributed by atoms with Crippen molar-refractivity contribution >= 4 is 11.7 Å². The molecule has 2 atom stereocenters. The summed E-state index contributed by atoms with van der Waals surface area (Å²) in [6.45, 7) is 5.23. The van der Waals surface area contributed by atoms with E-state index in [1.54, 1.807) is 18.3 Å². The van der Waals surface area contributed by atoms with E-state index in [1.807, 2.05) is 26.0 Å². The first kappa shape index (κ1) is 21.0. The Morgan fingerprint density at radius 1 is 1.32 bits per heavy atom. The van der Waals surface area contributed by atoms with Crippen LogP contribution in [-0.2, 0) is 11.2 Å². The summed E-state index contributed by atoms with van der Waals surface area (Å²) in [7, 11) is 0. The van der Waals surface area contributed by atoms with E-state index in [2.05, 4.69) is 25.3 Å². The lowest BCUT2D eigenvalue weighted by Gasteiger charge is -2.34. The average Bonchev–Trinajstić information content (AvgIpc) is 3.29. The lowest BCUT2D eigenvalue weighted by atomic mass is 9.96. The van der Waals surface area contributed by atoms with Gasteiger partial charge in [0.05, 0.1) is 17.5 Å². The molecule has 1 aliphatic rings. The Hall–Kier alpha value is -3.29. The summed E-state index contributed by atoms with van der Waals surface area (Å²) < 4.78 is 18.4. The SMILES string of the molecule is CCc1nc(-c2cccnc2N2CCC[C@H](C(=O)N[C@@H](C)c3ccc(F)cc3)C2)no1. The van der Waals surface area contributed by atoms with Crippen LogP contribution in [0.2, 0.25) is 0 Å². The number of carbonyl (C=O) groups is 1. The molecule has 3 heterocycles. The zero-order valence-electron chi connectivity index (χ0n) is 17.7. The van der Waals surface area contributed by atoms with Crippen molar-refractivity contribution in [3.63, 3.8) is 0 Å². The van der Waals surface area contributed by atoms with E-state index < -0.39 is 0 Å². The number of aryl methyl sites for hydroxylation is 1. The van der Waals surface area contributed by atoms with Gasteiger partial charge in [-0.15, -0.1) is 0 Å². The molecule has 0 radical (unpaired) electrons. The molecule has 1 aromatic carbocycles. The fourth-order valence-electron chi connectivity index (χ4n) is 3.88. The van der Waals surface area contributed by atoms with Gasteiger partial charge >= 0.3 is 0 Å². The van der Waals surface area contributed by atoms with Crippen molar-refractivity contribution in [2.75, 3.05) is 18.0 Å². The van der Waals surface area contributed by atoms with Crippen molar-refractivity contribution in [1.82, 2.24) is 20.4 Å². The third-order valence-electron chi connectivity index (χ3n) is 5.62. The van der Waals surface area contributed by atoms with Gasteiger partial charge in [-0.3, -0.25) is 4.79 Å². The summed E-state index contributed by atoms with van der Waals surface area (Å²) in [4.78, 5) is 24.1. The van der Waals surface area contributed by atoms with Gasteiger partial charge in [0.2, 0.25) is 17.6 Å². The van der Waals surface area contributed by atoms with E-state index >= 15 is 0 Å². The Morgan fingerprint density at radius 3 is 2.87 bits per heavy atom. The molecule has 0 unspecified atom stereocenters. The molecule has 4 rings (SSSR count). The molecule has 7 nitrogen and oxygen atoms in total. The van der Waals surface area contributed by atoms with Crippen molar-refractivity contribution < 1.29 is 13.7 Å². The van der Waals surface area contributed by atoms with Crippen LogP contribution in [-0.4, -0.2) is 34.1 Å². The molecule has 162 valence electrons. The Labute approximate surface area is 180 Å². The zero-order chi connectivity index (χ0) is 21.8. The van der Waals surface area contributed by atoms with Crippen LogP contribution in [0.1, 0.15) is 44.2 Å². The third kappa shape index (κ3) is 4.73. The number of nitrogens with zero attached hydrogens (tertiary/aromatic N) is 4. The van der Waals surface area contributed by atoms with Crippen LogP contribution in [0.5, 0.6) is 0 Å². The Morgan fingerprint density at radius 2 is 2.13 bits per heavy atom. The number of piperidine rings is 1. The molecule has 1 aliphatic heterocycles. The van der Waals surface area contributed by atoms with Crippen LogP contribution in [0, 0.1) is 11.7 Å². The summed E-state index contributed by atoms with van der Waals surface area (Å²) in [6.07, 6.45) is 4.09. The normalized spacial score (nSPS) is 17.4. The van der Waals surface area contributed by atoms with E-state index in [0.717, 1.165) is 36.3 Å². The van der Waals surface area contributed by atoms with E-state index in [4.69, 9.17) is 4.52 Å². The van der Waals surface area contributed by atoms with Gasteiger partial charge in [-0.05, 0) is 49.6 Å². The number of benzene rings is 1. The lowest BCUT2D eigenvalue weighted by Crippen LogP contribution is -2.44. The topological polar surface area (TPSA) is 84.2 Å². The van der Waals surface area contributed by atoms with Gasteiger partial charge in [-0.1, -0.05) is 24.2 Å².